The van der Waals surface area contributed by atoms with E-state index in [-0.39, 0.29) is 11.5 Å². The van der Waals surface area contributed by atoms with E-state index in [1.54, 1.807) is 12.1 Å². The van der Waals surface area contributed by atoms with Crippen LogP contribution < -0.4 is 0 Å². The first-order valence-electron chi connectivity index (χ1n) is 7.28. The molecular formula is C20H14O2. The molecule has 0 fully saturated rings. The summed E-state index contributed by atoms with van der Waals surface area (Å²) in [4.78, 5) is 12.9. The molecule has 0 aliphatic heterocycles. The lowest BCUT2D eigenvalue weighted by molar-refractivity contribution is 0.103. The van der Waals surface area contributed by atoms with Crippen LogP contribution in [-0.4, -0.2) is 10.9 Å². The number of benzene rings is 3. The maximum Gasteiger partial charge on any atom is 0.194 e. The van der Waals surface area contributed by atoms with Gasteiger partial charge in [0.15, 0.2) is 5.78 Å². The topological polar surface area (TPSA) is 37.3 Å². The third-order valence-electron chi connectivity index (χ3n) is 4.21. The first-order chi connectivity index (χ1) is 10.8. The summed E-state index contributed by atoms with van der Waals surface area (Å²) in [6.07, 6.45) is 0.749. The van der Waals surface area contributed by atoms with Crippen LogP contribution in [0.1, 0.15) is 27.0 Å². The molecule has 0 saturated carbocycles. The van der Waals surface area contributed by atoms with E-state index in [0.29, 0.717) is 11.1 Å². The minimum absolute atomic E-state index is 0.0377. The largest absolute Gasteiger partial charge is 0.507 e. The Morgan fingerprint density at radius 1 is 0.682 bits per heavy atom. The lowest BCUT2D eigenvalue weighted by Crippen LogP contribution is -2.16. The van der Waals surface area contributed by atoms with Crippen LogP contribution in [0.5, 0.6) is 5.75 Å². The Morgan fingerprint density at radius 2 is 1.32 bits per heavy atom. The van der Waals surface area contributed by atoms with Crippen LogP contribution in [0.2, 0.25) is 0 Å². The van der Waals surface area contributed by atoms with Crippen LogP contribution in [0.15, 0.2) is 66.7 Å². The second-order valence-electron chi connectivity index (χ2n) is 5.52. The molecule has 3 aromatic carbocycles. The Hall–Kier alpha value is -2.87. The highest BCUT2D eigenvalue weighted by molar-refractivity contribution is 6.16. The fourth-order valence-corrected chi connectivity index (χ4v) is 3.18. The third kappa shape index (κ3) is 1.85. The quantitative estimate of drug-likeness (QED) is 0.569. The highest BCUT2D eigenvalue weighted by atomic mass is 16.3. The molecule has 0 unspecified atom stereocenters. The van der Waals surface area contributed by atoms with Crippen LogP contribution in [-0.2, 0) is 6.42 Å². The summed E-state index contributed by atoms with van der Waals surface area (Å²) >= 11 is 0. The molecule has 4 rings (SSSR count). The minimum atomic E-state index is 0.0377. The number of ketones is 1. The molecule has 2 heteroatoms. The Morgan fingerprint density at radius 3 is 2.14 bits per heavy atom. The molecule has 0 radical (unpaired) electrons. The van der Waals surface area contributed by atoms with Gasteiger partial charge in [0.05, 0.1) is 0 Å². The van der Waals surface area contributed by atoms with Crippen LogP contribution in [0.25, 0.3) is 11.1 Å². The van der Waals surface area contributed by atoms with Crippen molar-refractivity contribution >= 4 is 5.78 Å². The summed E-state index contributed by atoms with van der Waals surface area (Å²) in [5.41, 5.74) is 5.06. The van der Waals surface area contributed by atoms with Gasteiger partial charge < -0.3 is 5.11 Å². The molecule has 0 amide bonds. The van der Waals surface area contributed by atoms with Gasteiger partial charge in [-0.05, 0) is 29.2 Å². The van der Waals surface area contributed by atoms with Crippen molar-refractivity contribution < 1.29 is 9.90 Å². The first-order valence-corrected chi connectivity index (χ1v) is 7.28. The van der Waals surface area contributed by atoms with Gasteiger partial charge in [0.2, 0.25) is 0 Å². The van der Waals surface area contributed by atoms with Crippen molar-refractivity contribution in [3.05, 3.63) is 89.0 Å². The highest BCUT2D eigenvalue weighted by Gasteiger charge is 2.26. The molecule has 0 aromatic heterocycles. The van der Waals surface area contributed by atoms with Gasteiger partial charge in [-0.1, -0.05) is 60.7 Å². The third-order valence-corrected chi connectivity index (χ3v) is 4.21. The fraction of sp³-hybridized carbons (Fsp3) is 0.0500. The summed E-state index contributed by atoms with van der Waals surface area (Å²) in [6, 6.07) is 20.7. The van der Waals surface area contributed by atoms with Gasteiger partial charge in [-0.25, -0.2) is 0 Å². The van der Waals surface area contributed by atoms with Crippen molar-refractivity contribution in [2.45, 2.75) is 6.42 Å². The Balaban J connectivity index is 1.97. The van der Waals surface area contributed by atoms with E-state index >= 15 is 0 Å². The number of hydrogen-bond donors (Lipinski definition) is 1. The Labute approximate surface area is 128 Å². The standard InChI is InChI=1S/C20H14O2/c21-18-11-4-3-9-16(18)17-10-5-7-14-12-13-6-1-2-8-15(13)20(22)19(14)17/h1-11,21H,12H2. The predicted octanol–water partition coefficient (Wildman–Crippen LogP) is 4.19. The number of phenols is 1. The molecule has 1 N–H and O–H groups in total. The Bertz CT molecular complexity index is 894. The lowest BCUT2D eigenvalue weighted by atomic mass is 9.81. The van der Waals surface area contributed by atoms with E-state index in [9.17, 15) is 9.90 Å². The zero-order valence-corrected chi connectivity index (χ0v) is 11.9. The van der Waals surface area contributed by atoms with Crippen molar-refractivity contribution in [2.75, 3.05) is 0 Å². The van der Waals surface area contributed by atoms with Gasteiger partial charge in [-0.3, -0.25) is 4.79 Å². The smallest absolute Gasteiger partial charge is 0.194 e. The molecule has 0 bridgehead atoms. The van der Waals surface area contributed by atoms with E-state index in [1.807, 2.05) is 54.6 Å². The van der Waals surface area contributed by atoms with Gasteiger partial charge in [-0.15, -0.1) is 0 Å². The van der Waals surface area contributed by atoms with Crippen molar-refractivity contribution in [1.29, 1.82) is 0 Å². The molecule has 22 heavy (non-hydrogen) atoms. The number of aromatic hydroxyl groups is 1. The van der Waals surface area contributed by atoms with Gasteiger partial charge in [0.1, 0.15) is 5.75 Å². The maximum absolute atomic E-state index is 12.9. The highest BCUT2D eigenvalue weighted by Crippen LogP contribution is 2.37. The molecule has 0 saturated heterocycles. The van der Waals surface area contributed by atoms with Crippen LogP contribution >= 0.6 is 0 Å². The van der Waals surface area contributed by atoms with E-state index < -0.39 is 0 Å². The van der Waals surface area contributed by atoms with E-state index in [1.165, 1.54) is 0 Å². The van der Waals surface area contributed by atoms with Crippen molar-refractivity contribution in [2.24, 2.45) is 0 Å². The maximum atomic E-state index is 12.9. The summed E-state index contributed by atoms with van der Waals surface area (Å²) in [5, 5.41) is 10.1. The van der Waals surface area contributed by atoms with Gasteiger partial charge >= 0.3 is 0 Å². The molecule has 106 valence electrons. The summed E-state index contributed by atoms with van der Waals surface area (Å²) in [5.74, 6) is 0.235. The second kappa shape index (κ2) is 4.85. The average molecular weight is 286 g/mol. The lowest BCUT2D eigenvalue weighted by Gasteiger charge is -2.21. The van der Waals surface area contributed by atoms with E-state index in [2.05, 4.69) is 0 Å². The normalized spacial score (nSPS) is 12.6. The number of carbonyl (C=O) groups is 1. The molecule has 3 aromatic rings. The number of rotatable bonds is 1. The summed E-state index contributed by atoms with van der Waals surface area (Å²) in [7, 11) is 0. The molecular weight excluding hydrogens is 272 g/mol. The van der Waals surface area contributed by atoms with Crippen LogP contribution in [0.4, 0.5) is 0 Å². The summed E-state index contributed by atoms with van der Waals surface area (Å²) < 4.78 is 0. The zero-order valence-electron chi connectivity index (χ0n) is 11.9. The molecule has 1 aliphatic rings. The number of carbonyl (C=O) groups excluding carboxylic acids is 1. The minimum Gasteiger partial charge on any atom is -0.507 e. The average Bonchev–Trinajstić information content (AvgIpc) is 2.55. The fourth-order valence-electron chi connectivity index (χ4n) is 3.18. The van der Waals surface area contributed by atoms with Gasteiger partial charge in [-0.2, -0.15) is 0 Å². The molecule has 0 atom stereocenters. The van der Waals surface area contributed by atoms with Gasteiger partial charge in [0, 0.05) is 16.7 Å². The number of hydrogen-bond acceptors (Lipinski definition) is 2. The molecule has 0 spiro atoms. The Kier molecular flexibility index (Phi) is 2.83. The summed E-state index contributed by atoms with van der Waals surface area (Å²) in [6.45, 7) is 0. The molecule has 1 aliphatic carbocycles. The molecule has 0 heterocycles. The monoisotopic (exact) mass is 286 g/mol. The van der Waals surface area contributed by atoms with Crippen LogP contribution in [0, 0.1) is 0 Å². The first kappa shape index (κ1) is 12.8. The SMILES string of the molecule is O=C1c2ccccc2Cc2cccc(-c3ccccc3O)c21. The van der Waals surface area contributed by atoms with Crippen molar-refractivity contribution in [1.82, 2.24) is 0 Å². The number of para-hydroxylation sites is 1. The number of phenolic OH excluding ortho intramolecular Hbond substituents is 1. The van der Waals surface area contributed by atoms with Crippen LogP contribution in [0.3, 0.4) is 0 Å². The zero-order chi connectivity index (χ0) is 15.1. The predicted molar refractivity (Wildman–Crippen MR) is 86.2 cm³/mol. The molecule has 2 nitrogen and oxygen atoms in total. The van der Waals surface area contributed by atoms with E-state index in [0.717, 1.165) is 28.7 Å². The van der Waals surface area contributed by atoms with E-state index in [4.69, 9.17) is 0 Å². The van der Waals surface area contributed by atoms with Gasteiger partial charge in [0.25, 0.3) is 0 Å². The number of fused-ring (bicyclic) bond motifs is 2. The van der Waals surface area contributed by atoms with Crippen molar-refractivity contribution in [3.8, 4) is 16.9 Å². The van der Waals surface area contributed by atoms with Crippen molar-refractivity contribution in [3.63, 3.8) is 0 Å². The second-order valence-corrected chi connectivity index (χ2v) is 5.52.